The zero-order valence-electron chi connectivity index (χ0n) is 9.82. The summed E-state index contributed by atoms with van der Waals surface area (Å²) in [5.74, 6) is 3.52. The largest absolute Gasteiger partial charge is 0.492 e. The maximum atomic E-state index is 5.72. The fourth-order valence-electron chi connectivity index (χ4n) is 1.75. The fraction of sp³-hybridized carbons (Fsp3) is 0.538. The van der Waals surface area contributed by atoms with Crippen molar-refractivity contribution in [2.24, 2.45) is 0 Å². The van der Waals surface area contributed by atoms with E-state index in [0.717, 1.165) is 18.9 Å². The summed E-state index contributed by atoms with van der Waals surface area (Å²) in [7, 11) is 0. The van der Waals surface area contributed by atoms with Gasteiger partial charge in [-0.25, -0.2) is 0 Å². The molecule has 16 heavy (non-hydrogen) atoms. The first kappa shape index (κ1) is 11.8. The summed E-state index contributed by atoms with van der Waals surface area (Å²) in [4.78, 5) is 2.48. The molecule has 0 amide bonds. The molecule has 0 atom stereocenters. The Kier molecular flexibility index (Phi) is 4.55. The number of rotatable bonds is 4. The summed E-state index contributed by atoms with van der Waals surface area (Å²) in [6, 6.07) is 8.27. The van der Waals surface area contributed by atoms with Gasteiger partial charge in [0.25, 0.3) is 0 Å². The molecule has 1 fully saturated rings. The van der Waals surface area contributed by atoms with Crippen LogP contribution in [0.25, 0.3) is 0 Å². The maximum Gasteiger partial charge on any atom is 0.119 e. The summed E-state index contributed by atoms with van der Waals surface area (Å²) < 4.78 is 5.72. The van der Waals surface area contributed by atoms with Crippen LogP contribution in [0.4, 0.5) is 0 Å². The number of nitrogens with zero attached hydrogens (tertiary/aromatic N) is 1. The predicted molar refractivity (Wildman–Crippen MR) is 70.4 cm³/mol. The summed E-state index contributed by atoms with van der Waals surface area (Å²) in [5.41, 5.74) is 1.28. The van der Waals surface area contributed by atoms with Gasteiger partial charge in [-0.15, -0.1) is 0 Å². The molecule has 0 aromatic heterocycles. The Labute approximate surface area is 102 Å². The van der Waals surface area contributed by atoms with E-state index < -0.39 is 0 Å². The van der Waals surface area contributed by atoms with Crippen LogP contribution in [0.5, 0.6) is 5.75 Å². The van der Waals surface area contributed by atoms with Crippen molar-refractivity contribution in [2.75, 3.05) is 37.7 Å². The molecule has 3 heteroatoms. The summed E-state index contributed by atoms with van der Waals surface area (Å²) in [6.07, 6.45) is 0. The third-order valence-electron chi connectivity index (χ3n) is 2.80. The van der Waals surface area contributed by atoms with E-state index in [4.69, 9.17) is 4.74 Å². The number of hydrogen-bond acceptors (Lipinski definition) is 3. The van der Waals surface area contributed by atoms with E-state index in [1.165, 1.54) is 30.2 Å². The Bertz CT molecular complexity index is 306. The second kappa shape index (κ2) is 6.16. The average Bonchev–Trinajstić information content (AvgIpc) is 2.33. The molecular weight excluding hydrogens is 218 g/mol. The Hall–Kier alpha value is -0.670. The molecule has 1 heterocycles. The highest BCUT2D eigenvalue weighted by molar-refractivity contribution is 7.99. The highest BCUT2D eigenvalue weighted by Crippen LogP contribution is 2.12. The molecule has 1 aliphatic heterocycles. The molecule has 1 aromatic carbocycles. The van der Waals surface area contributed by atoms with Crippen LogP contribution in [0.15, 0.2) is 24.3 Å². The van der Waals surface area contributed by atoms with Crippen molar-refractivity contribution in [3.63, 3.8) is 0 Å². The maximum absolute atomic E-state index is 5.72. The first-order valence-corrected chi connectivity index (χ1v) is 6.99. The predicted octanol–water partition coefficient (Wildman–Crippen LogP) is 2.42. The second-order valence-electron chi connectivity index (χ2n) is 4.12. The van der Waals surface area contributed by atoms with Crippen molar-refractivity contribution >= 4 is 11.8 Å². The van der Waals surface area contributed by atoms with Gasteiger partial charge >= 0.3 is 0 Å². The third kappa shape index (κ3) is 3.72. The van der Waals surface area contributed by atoms with Crippen LogP contribution in [-0.4, -0.2) is 42.6 Å². The number of ether oxygens (including phenoxy) is 1. The lowest BCUT2D eigenvalue weighted by molar-refractivity contribution is 0.222. The Morgan fingerprint density at radius 1 is 1.19 bits per heavy atom. The molecule has 0 saturated carbocycles. The average molecular weight is 237 g/mol. The summed E-state index contributed by atoms with van der Waals surface area (Å²) in [6.45, 7) is 6.36. The molecule has 0 aliphatic carbocycles. The lowest BCUT2D eigenvalue weighted by atomic mass is 10.2. The molecule has 0 radical (unpaired) electrons. The van der Waals surface area contributed by atoms with Crippen molar-refractivity contribution in [3.05, 3.63) is 29.8 Å². The van der Waals surface area contributed by atoms with Crippen LogP contribution in [0, 0.1) is 6.92 Å². The normalized spacial score (nSPS) is 17.3. The minimum atomic E-state index is 0.799. The van der Waals surface area contributed by atoms with E-state index in [1.54, 1.807) is 0 Å². The zero-order chi connectivity index (χ0) is 11.2. The van der Waals surface area contributed by atoms with Crippen LogP contribution >= 0.6 is 11.8 Å². The smallest absolute Gasteiger partial charge is 0.119 e. The van der Waals surface area contributed by atoms with E-state index in [9.17, 15) is 0 Å². The van der Waals surface area contributed by atoms with Crippen molar-refractivity contribution in [1.82, 2.24) is 4.90 Å². The molecule has 1 aromatic rings. The second-order valence-corrected chi connectivity index (χ2v) is 5.34. The molecule has 1 saturated heterocycles. The quantitative estimate of drug-likeness (QED) is 0.798. The highest BCUT2D eigenvalue weighted by atomic mass is 32.2. The van der Waals surface area contributed by atoms with Gasteiger partial charge in [0.2, 0.25) is 0 Å². The van der Waals surface area contributed by atoms with Gasteiger partial charge in [-0.05, 0) is 19.1 Å². The first-order valence-electron chi connectivity index (χ1n) is 5.84. The highest BCUT2D eigenvalue weighted by Gasteiger charge is 2.09. The van der Waals surface area contributed by atoms with E-state index >= 15 is 0 Å². The Morgan fingerprint density at radius 3 is 2.56 bits per heavy atom. The van der Waals surface area contributed by atoms with Gasteiger partial charge in [0.15, 0.2) is 0 Å². The van der Waals surface area contributed by atoms with Crippen LogP contribution in [-0.2, 0) is 0 Å². The molecule has 0 N–H and O–H groups in total. The van der Waals surface area contributed by atoms with Gasteiger partial charge < -0.3 is 4.74 Å². The van der Waals surface area contributed by atoms with Gasteiger partial charge in [0.1, 0.15) is 12.4 Å². The van der Waals surface area contributed by atoms with Crippen LogP contribution in [0.3, 0.4) is 0 Å². The molecule has 2 rings (SSSR count). The van der Waals surface area contributed by atoms with Gasteiger partial charge in [-0.2, -0.15) is 11.8 Å². The SMILES string of the molecule is Cc1ccc(OCCN2CCSCC2)cc1. The van der Waals surface area contributed by atoms with Crippen molar-refractivity contribution in [3.8, 4) is 5.75 Å². The van der Waals surface area contributed by atoms with Crippen molar-refractivity contribution in [2.45, 2.75) is 6.92 Å². The molecule has 88 valence electrons. The Morgan fingerprint density at radius 2 is 1.88 bits per heavy atom. The number of hydrogen-bond donors (Lipinski definition) is 0. The molecular formula is C13H19NOS. The van der Waals surface area contributed by atoms with E-state index in [0.29, 0.717) is 0 Å². The standard InChI is InChI=1S/C13H19NOS/c1-12-2-4-13(5-3-12)15-9-6-14-7-10-16-11-8-14/h2-5H,6-11H2,1H3. The minimum Gasteiger partial charge on any atom is -0.492 e. The number of benzene rings is 1. The molecule has 0 spiro atoms. The van der Waals surface area contributed by atoms with Crippen LogP contribution in [0.2, 0.25) is 0 Å². The van der Waals surface area contributed by atoms with E-state index in [-0.39, 0.29) is 0 Å². The van der Waals surface area contributed by atoms with Crippen LogP contribution in [0.1, 0.15) is 5.56 Å². The van der Waals surface area contributed by atoms with E-state index in [1.807, 2.05) is 23.9 Å². The first-order chi connectivity index (χ1) is 7.84. The monoisotopic (exact) mass is 237 g/mol. The topological polar surface area (TPSA) is 12.5 Å². The zero-order valence-corrected chi connectivity index (χ0v) is 10.6. The summed E-state index contributed by atoms with van der Waals surface area (Å²) in [5, 5.41) is 0. The van der Waals surface area contributed by atoms with Gasteiger partial charge in [-0.3, -0.25) is 4.90 Å². The molecule has 0 unspecified atom stereocenters. The number of thioether (sulfide) groups is 1. The third-order valence-corrected chi connectivity index (χ3v) is 3.74. The lowest BCUT2D eigenvalue weighted by Gasteiger charge is -2.25. The van der Waals surface area contributed by atoms with Crippen LogP contribution < -0.4 is 4.74 Å². The Balaban J connectivity index is 1.69. The van der Waals surface area contributed by atoms with Gasteiger partial charge in [-0.1, -0.05) is 17.7 Å². The molecule has 1 aliphatic rings. The van der Waals surface area contributed by atoms with Crippen molar-refractivity contribution < 1.29 is 4.74 Å². The fourth-order valence-corrected chi connectivity index (χ4v) is 2.73. The van der Waals surface area contributed by atoms with Gasteiger partial charge in [0, 0.05) is 31.1 Å². The molecule has 2 nitrogen and oxygen atoms in total. The summed E-state index contributed by atoms with van der Waals surface area (Å²) >= 11 is 2.05. The minimum absolute atomic E-state index is 0.799. The van der Waals surface area contributed by atoms with Gasteiger partial charge in [0.05, 0.1) is 0 Å². The molecule has 0 bridgehead atoms. The van der Waals surface area contributed by atoms with Crippen molar-refractivity contribution in [1.29, 1.82) is 0 Å². The lowest BCUT2D eigenvalue weighted by Crippen LogP contribution is -2.35. The van der Waals surface area contributed by atoms with E-state index in [2.05, 4.69) is 24.0 Å². The number of aryl methyl sites for hydroxylation is 1.